The third-order valence-corrected chi connectivity index (χ3v) is 6.09. The number of hydrogen-bond acceptors (Lipinski definition) is 5. The average Bonchev–Trinajstić information content (AvgIpc) is 2.95. The Hall–Kier alpha value is -1.85. The summed E-state index contributed by atoms with van der Waals surface area (Å²) in [5, 5.41) is 3.59. The van der Waals surface area contributed by atoms with Gasteiger partial charge in [-0.3, -0.25) is 9.88 Å². The molecular formula is C22H33N5. The summed E-state index contributed by atoms with van der Waals surface area (Å²) < 4.78 is 0. The molecule has 0 aliphatic carbocycles. The van der Waals surface area contributed by atoms with E-state index in [0.717, 1.165) is 32.2 Å². The highest BCUT2D eigenvalue weighted by molar-refractivity contribution is 5.20. The van der Waals surface area contributed by atoms with Crippen LogP contribution in [0, 0.1) is 0 Å². The van der Waals surface area contributed by atoms with Crippen LogP contribution in [0.1, 0.15) is 31.7 Å². The fraction of sp³-hybridized carbons (Fsp3) is 0.591. The zero-order chi connectivity index (χ0) is 18.5. The van der Waals surface area contributed by atoms with Crippen molar-refractivity contribution >= 4 is 0 Å². The van der Waals surface area contributed by atoms with Gasteiger partial charge in [-0.1, -0.05) is 18.2 Å². The molecular weight excluding hydrogens is 334 g/mol. The molecule has 5 heteroatoms. The van der Waals surface area contributed by atoms with Crippen molar-refractivity contribution < 1.29 is 0 Å². The van der Waals surface area contributed by atoms with Crippen LogP contribution in [-0.4, -0.2) is 71.0 Å². The fourth-order valence-electron chi connectivity index (χ4n) is 4.67. The Labute approximate surface area is 163 Å². The first-order valence-electron chi connectivity index (χ1n) is 10.5. The zero-order valence-corrected chi connectivity index (χ0v) is 16.6. The van der Waals surface area contributed by atoms with Gasteiger partial charge in [-0.25, -0.2) is 0 Å². The van der Waals surface area contributed by atoms with Crippen LogP contribution in [0.25, 0.3) is 0 Å². The summed E-state index contributed by atoms with van der Waals surface area (Å²) in [5.74, 6) is 1.38. The second kappa shape index (κ2) is 8.89. The van der Waals surface area contributed by atoms with Gasteiger partial charge in [0.25, 0.3) is 0 Å². The maximum Gasteiger partial charge on any atom is 0.104 e. The van der Waals surface area contributed by atoms with Gasteiger partial charge < -0.3 is 15.1 Å². The predicted molar refractivity (Wildman–Crippen MR) is 110 cm³/mol. The molecule has 2 fully saturated rings. The number of piperidine rings is 1. The van der Waals surface area contributed by atoms with Crippen molar-refractivity contribution in [1.82, 2.24) is 25.0 Å². The summed E-state index contributed by atoms with van der Waals surface area (Å²) in [6.45, 7) is 10.1. The molecule has 2 atom stereocenters. The fourth-order valence-corrected chi connectivity index (χ4v) is 4.67. The lowest BCUT2D eigenvalue weighted by Gasteiger charge is -2.38. The summed E-state index contributed by atoms with van der Waals surface area (Å²) in [6, 6.07) is 5.62. The highest BCUT2D eigenvalue weighted by Gasteiger charge is 2.27. The molecule has 1 aromatic heterocycles. The number of nitrogens with zero attached hydrogens (tertiary/aromatic N) is 4. The molecule has 146 valence electrons. The number of aromatic nitrogens is 1. The first kappa shape index (κ1) is 18.5. The number of rotatable bonds is 4. The largest absolute Gasteiger partial charge is 0.357 e. The summed E-state index contributed by atoms with van der Waals surface area (Å²) in [7, 11) is 0. The third kappa shape index (κ3) is 4.71. The Morgan fingerprint density at radius 3 is 3.04 bits per heavy atom. The van der Waals surface area contributed by atoms with Crippen LogP contribution in [-0.2, 0) is 6.54 Å². The molecule has 2 saturated heterocycles. The van der Waals surface area contributed by atoms with Crippen molar-refractivity contribution in [3.8, 4) is 0 Å². The number of nitrogens with one attached hydrogen (secondary N) is 1. The van der Waals surface area contributed by atoms with Gasteiger partial charge in [0, 0.05) is 63.7 Å². The number of allylic oxidation sites excluding steroid dienone is 2. The van der Waals surface area contributed by atoms with Crippen molar-refractivity contribution in [3.05, 3.63) is 54.1 Å². The van der Waals surface area contributed by atoms with Crippen LogP contribution in [0.4, 0.5) is 0 Å². The smallest absolute Gasteiger partial charge is 0.104 e. The van der Waals surface area contributed by atoms with Gasteiger partial charge >= 0.3 is 0 Å². The van der Waals surface area contributed by atoms with Crippen LogP contribution < -0.4 is 5.32 Å². The molecule has 1 aromatic rings. The SMILES string of the molecule is CC1CC(N2CCCN(C3=CC=CCN3Cc3cccnc3)CC2)CCN1. The predicted octanol–water partition coefficient (Wildman–Crippen LogP) is 2.44. The van der Waals surface area contributed by atoms with E-state index in [-0.39, 0.29) is 0 Å². The summed E-state index contributed by atoms with van der Waals surface area (Å²) in [4.78, 5) is 12.1. The number of pyridine rings is 1. The van der Waals surface area contributed by atoms with Gasteiger partial charge in [0.2, 0.25) is 0 Å². The molecule has 0 aromatic carbocycles. The van der Waals surface area contributed by atoms with Crippen molar-refractivity contribution in [3.63, 3.8) is 0 Å². The summed E-state index contributed by atoms with van der Waals surface area (Å²) in [6.07, 6.45) is 14.4. The van der Waals surface area contributed by atoms with E-state index in [9.17, 15) is 0 Å². The molecule has 0 radical (unpaired) electrons. The minimum absolute atomic E-state index is 0.657. The van der Waals surface area contributed by atoms with Crippen LogP contribution in [0.5, 0.6) is 0 Å². The first-order chi connectivity index (χ1) is 13.3. The topological polar surface area (TPSA) is 34.6 Å². The molecule has 3 aliphatic rings. The first-order valence-corrected chi connectivity index (χ1v) is 10.5. The molecule has 0 bridgehead atoms. The highest BCUT2D eigenvalue weighted by atomic mass is 15.3. The van der Waals surface area contributed by atoms with Crippen LogP contribution in [0.3, 0.4) is 0 Å². The second-order valence-corrected chi connectivity index (χ2v) is 8.10. The average molecular weight is 368 g/mol. The number of hydrogen-bond donors (Lipinski definition) is 1. The minimum Gasteiger partial charge on any atom is -0.357 e. The Kier molecular flexibility index (Phi) is 6.10. The molecule has 0 saturated carbocycles. The maximum atomic E-state index is 4.28. The van der Waals surface area contributed by atoms with Gasteiger partial charge in [-0.05, 0) is 50.4 Å². The second-order valence-electron chi connectivity index (χ2n) is 8.10. The monoisotopic (exact) mass is 367 g/mol. The molecule has 0 amide bonds. The zero-order valence-electron chi connectivity index (χ0n) is 16.6. The van der Waals surface area contributed by atoms with Crippen LogP contribution >= 0.6 is 0 Å². The maximum absolute atomic E-state index is 4.28. The van der Waals surface area contributed by atoms with Crippen molar-refractivity contribution in [2.45, 2.75) is 44.8 Å². The van der Waals surface area contributed by atoms with Gasteiger partial charge in [0.1, 0.15) is 5.82 Å². The Bertz CT molecular complexity index is 656. The Morgan fingerprint density at radius 2 is 2.19 bits per heavy atom. The van der Waals surface area contributed by atoms with Gasteiger partial charge in [0.05, 0.1) is 0 Å². The van der Waals surface area contributed by atoms with Crippen molar-refractivity contribution in [2.75, 3.05) is 39.3 Å². The standard InChI is InChI=1S/C22H33N5/c1-19-16-21(8-10-24-19)25-12-5-13-26(15-14-25)22-7-2-3-11-27(22)18-20-6-4-9-23-17-20/h2-4,6-7,9,17,19,21,24H,5,8,10-16,18H2,1H3. The van der Waals surface area contributed by atoms with E-state index in [0.29, 0.717) is 6.04 Å². The van der Waals surface area contributed by atoms with Gasteiger partial charge in [0.15, 0.2) is 0 Å². The van der Waals surface area contributed by atoms with Gasteiger partial charge in [-0.2, -0.15) is 0 Å². The van der Waals surface area contributed by atoms with E-state index in [4.69, 9.17) is 0 Å². The summed E-state index contributed by atoms with van der Waals surface area (Å²) >= 11 is 0. The molecule has 1 N–H and O–H groups in total. The quantitative estimate of drug-likeness (QED) is 0.884. The van der Waals surface area contributed by atoms with Crippen LogP contribution in [0.15, 0.2) is 48.6 Å². The van der Waals surface area contributed by atoms with Crippen molar-refractivity contribution in [2.24, 2.45) is 0 Å². The van der Waals surface area contributed by atoms with E-state index in [2.05, 4.69) is 56.2 Å². The van der Waals surface area contributed by atoms with E-state index in [1.54, 1.807) is 0 Å². The lowest BCUT2D eigenvalue weighted by atomic mass is 9.99. The normalized spacial score (nSPS) is 27.4. The lowest BCUT2D eigenvalue weighted by Crippen LogP contribution is -2.48. The molecule has 4 rings (SSSR count). The van der Waals surface area contributed by atoms with E-state index < -0.39 is 0 Å². The van der Waals surface area contributed by atoms with E-state index in [1.807, 2.05) is 18.5 Å². The van der Waals surface area contributed by atoms with Crippen LogP contribution in [0.2, 0.25) is 0 Å². The van der Waals surface area contributed by atoms with E-state index >= 15 is 0 Å². The Balaban J connectivity index is 1.39. The molecule has 3 aliphatic heterocycles. The summed E-state index contributed by atoms with van der Waals surface area (Å²) in [5.41, 5.74) is 1.28. The van der Waals surface area contributed by atoms with E-state index in [1.165, 1.54) is 50.3 Å². The highest BCUT2D eigenvalue weighted by Crippen LogP contribution is 2.22. The van der Waals surface area contributed by atoms with Gasteiger partial charge in [-0.15, -0.1) is 0 Å². The lowest BCUT2D eigenvalue weighted by molar-refractivity contribution is 0.148. The van der Waals surface area contributed by atoms with Crippen molar-refractivity contribution in [1.29, 1.82) is 0 Å². The molecule has 0 spiro atoms. The molecule has 27 heavy (non-hydrogen) atoms. The third-order valence-electron chi connectivity index (χ3n) is 6.09. The molecule has 4 heterocycles. The minimum atomic E-state index is 0.657. The Morgan fingerprint density at radius 1 is 1.22 bits per heavy atom. The molecule has 5 nitrogen and oxygen atoms in total. The molecule has 2 unspecified atom stereocenters.